The third-order valence-electron chi connectivity index (χ3n) is 3.17. The van der Waals surface area contributed by atoms with Gasteiger partial charge < -0.3 is 4.74 Å². The first-order valence-corrected chi connectivity index (χ1v) is 8.51. The van der Waals surface area contributed by atoms with E-state index >= 15 is 0 Å². The minimum absolute atomic E-state index is 0.0713. The molecule has 10 heteroatoms. The summed E-state index contributed by atoms with van der Waals surface area (Å²) in [5, 5.41) is 10.7. The molecule has 24 heavy (non-hydrogen) atoms. The van der Waals surface area contributed by atoms with Crippen LogP contribution in [0.3, 0.4) is 0 Å². The predicted octanol–water partition coefficient (Wildman–Crippen LogP) is 2.02. The summed E-state index contributed by atoms with van der Waals surface area (Å²) >= 11 is 0. The lowest BCUT2D eigenvalue weighted by atomic mass is 10.1. The highest BCUT2D eigenvalue weighted by molar-refractivity contribution is 7.85. The van der Waals surface area contributed by atoms with Gasteiger partial charge in [-0.05, 0) is 32.8 Å². The number of non-ortho nitro benzene ring substituents is 1. The summed E-state index contributed by atoms with van der Waals surface area (Å²) in [6.07, 6.45) is -0.844. The SMILES string of the molecule is CC(C)(C)OC(=O)N1[C@@H](Cc2ccc([N+](=O)[O-])cc2)COS1(=O)=O. The van der Waals surface area contributed by atoms with E-state index in [1.54, 1.807) is 20.8 Å². The number of hydrogen-bond acceptors (Lipinski definition) is 7. The highest BCUT2D eigenvalue weighted by atomic mass is 32.2. The number of carbonyl (C=O) groups excluding carboxylic acids is 1. The zero-order valence-electron chi connectivity index (χ0n) is 13.5. The number of hydrogen-bond donors (Lipinski definition) is 0. The van der Waals surface area contributed by atoms with E-state index in [-0.39, 0.29) is 18.7 Å². The Morgan fingerprint density at radius 1 is 1.38 bits per heavy atom. The first kappa shape index (κ1) is 18.1. The van der Waals surface area contributed by atoms with E-state index in [0.717, 1.165) is 0 Å². The lowest BCUT2D eigenvalue weighted by Gasteiger charge is -2.25. The van der Waals surface area contributed by atoms with Gasteiger partial charge in [-0.2, -0.15) is 12.7 Å². The maximum atomic E-state index is 12.2. The Hall–Kier alpha value is -2.20. The van der Waals surface area contributed by atoms with E-state index in [1.807, 2.05) is 0 Å². The van der Waals surface area contributed by atoms with Gasteiger partial charge in [0.15, 0.2) is 0 Å². The van der Waals surface area contributed by atoms with Crippen molar-refractivity contribution in [2.24, 2.45) is 0 Å². The summed E-state index contributed by atoms with van der Waals surface area (Å²) in [6.45, 7) is 4.68. The summed E-state index contributed by atoms with van der Waals surface area (Å²) in [5.74, 6) is 0. The standard InChI is InChI=1S/C14H18N2O7S/c1-14(2,3)23-13(17)15-12(9-22-24(15,20)21)8-10-4-6-11(7-5-10)16(18)19/h4-7,12H,8-9H2,1-3H3/t12-/m0/s1. The second kappa shape index (κ2) is 6.36. The van der Waals surface area contributed by atoms with Gasteiger partial charge in [-0.3, -0.25) is 14.3 Å². The van der Waals surface area contributed by atoms with Crippen LogP contribution >= 0.6 is 0 Å². The van der Waals surface area contributed by atoms with Gasteiger partial charge in [0.25, 0.3) is 5.69 Å². The molecule has 1 heterocycles. The molecule has 1 amide bonds. The van der Waals surface area contributed by atoms with Crippen LogP contribution in [0.2, 0.25) is 0 Å². The van der Waals surface area contributed by atoms with Gasteiger partial charge in [0.05, 0.1) is 17.6 Å². The third kappa shape index (κ3) is 4.20. The Balaban J connectivity index is 2.19. The van der Waals surface area contributed by atoms with Crippen molar-refractivity contribution in [3.8, 4) is 0 Å². The summed E-state index contributed by atoms with van der Waals surface area (Å²) in [7, 11) is -4.20. The third-order valence-corrected chi connectivity index (χ3v) is 4.54. The van der Waals surface area contributed by atoms with Crippen molar-refractivity contribution >= 4 is 22.1 Å². The molecule has 132 valence electrons. The zero-order chi connectivity index (χ0) is 18.1. The second-order valence-corrected chi connectivity index (χ2v) is 7.78. The topological polar surface area (TPSA) is 116 Å². The fourth-order valence-corrected chi connectivity index (χ4v) is 3.35. The van der Waals surface area contributed by atoms with Crippen molar-refractivity contribution < 1.29 is 27.1 Å². The van der Waals surface area contributed by atoms with Crippen molar-refractivity contribution in [3.63, 3.8) is 0 Å². The molecule has 1 aliphatic rings. The molecule has 0 bridgehead atoms. The number of benzene rings is 1. The van der Waals surface area contributed by atoms with E-state index in [0.29, 0.717) is 9.87 Å². The van der Waals surface area contributed by atoms with Crippen molar-refractivity contribution in [1.82, 2.24) is 4.31 Å². The molecule has 1 aliphatic heterocycles. The van der Waals surface area contributed by atoms with Crippen molar-refractivity contribution in [1.29, 1.82) is 0 Å². The van der Waals surface area contributed by atoms with E-state index in [1.165, 1.54) is 24.3 Å². The summed E-state index contributed by atoms with van der Waals surface area (Å²) in [4.78, 5) is 22.3. The van der Waals surface area contributed by atoms with Gasteiger partial charge in [0.1, 0.15) is 5.60 Å². The molecule has 9 nitrogen and oxygen atoms in total. The number of amides is 1. The molecule has 1 atom stereocenters. The maximum absolute atomic E-state index is 12.2. The number of ether oxygens (including phenoxy) is 1. The molecular formula is C14H18N2O7S. The first-order valence-electron chi connectivity index (χ1n) is 7.15. The highest BCUT2D eigenvalue weighted by Crippen LogP contribution is 2.25. The van der Waals surface area contributed by atoms with Crippen molar-refractivity contribution in [2.45, 2.75) is 38.8 Å². The Labute approximate surface area is 139 Å². The summed E-state index contributed by atoms with van der Waals surface area (Å²) in [6, 6.07) is 4.88. The molecule has 0 unspecified atom stereocenters. The number of nitro benzene ring substituents is 1. The molecule has 0 aromatic heterocycles. The van der Waals surface area contributed by atoms with Crippen LogP contribution in [-0.4, -0.2) is 42.0 Å². The minimum atomic E-state index is -4.20. The number of carbonyl (C=O) groups is 1. The van der Waals surface area contributed by atoms with Gasteiger partial charge in [0, 0.05) is 12.1 Å². The van der Waals surface area contributed by atoms with Crippen LogP contribution in [0.4, 0.5) is 10.5 Å². The van der Waals surface area contributed by atoms with Crippen LogP contribution < -0.4 is 0 Å². The highest BCUT2D eigenvalue weighted by Gasteiger charge is 2.44. The second-order valence-electron chi connectivity index (χ2n) is 6.30. The van der Waals surface area contributed by atoms with Crippen LogP contribution in [0.5, 0.6) is 0 Å². The lowest BCUT2D eigenvalue weighted by molar-refractivity contribution is -0.384. The van der Waals surface area contributed by atoms with Crippen LogP contribution in [0.1, 0.15) is 26.3 Å². The normalized spacial score (nSPS) is 20.0. The average molecular weight is 358 g/mol. The average Bonchev–Trinajstić information content (AvgIpc) is 2.72. The Morgan fingerprint density at radius 2 is 1.96 bits per heavy atom. The fraction of sp³-hybridized carbons (Fsp3) is 0.500. The van der Waals surface area contributed by atoms with Crippen LogP contribution in [0.25, 0.3) is 0 Å². The van der Waals surface area contributed by atoms with Gasteiger partial charge in [-0.25, -0.2) is 4.79 Å². The molecule has 0 N–H and O–H groups in total. The number of rotatable bonds is 3. The summed E-state index contributed by atoms with van der Waals surface area (Å²) in [5.41, 5.74) is -0.287. The molecule has 1 saturated heterocycles. The molecule has 0 aliphatic carbocycles. The quantitative estimate of drug-likeness (QED) is 0.599. The Bertz CT molecular complexity index is 737. The molecule has 0 radical (unpaired) electrons. The molecule has 1 fully saturated rings. The maximum Gasteiger partial charge on any atom is 0.426 e. The van der Waals surface area contributed by atoms with Gasteiger partial charge in [-0.15, -0.1) is 0 Å². The number of nitrogens with zero attached hydrogens (tertiary/aromatic N) is 2. The fourth-order valence-electron chi connectivity index (χ4n) is 2.19. The Morgan fingerprint density at radius 3 is 2.46 bits per heavy atom. The van der Waals surface area contributed by atoms with E-state index in [4.69, 9.17) is 8.92 Å². The molecule has 2 rings (SSSR count). The lowest BCUT2D eigenvalue weighted by Crippen LogP contribution is -2.43. The van der Waals surface area contributed by atoms with E-state index in [2.05, 4.69) is 0 Å². The molecule has 0 spiro atoms. The van der Waals surface area contributed by atoms with Crippen LogP contribution in [-0.2, 0) is 25.6 Å². The van der Waals surface area contributed by atoms with Crippen molar-refractivity contribution in [2.75, 3.05) is 6.61 Å². The Kier molecular flexibility index (Phi) is 4.81. The van der Waals surface area contributed by atoms with Crippen molar-refractivity contribution in [3.05, 3.63) is 39.9 Å². The van der Waals surface area contributed by atoms with E-state index < -0.39 is 33.0 Å². The predicted molar refractivity (Wildman–Crippen MR) is 83.5 cm³/mol. The molecular weight excluding hydrogens is 340 g/mol. The van der Waals surface area contributed by atoms with Crippen LogP contribution in [0.15, 0.2) is 24.3 Å². The summed E-state index contributed by atoms with van der Waals surface area (Å²) < 4.78 is 34.3. The smallest absolute Gasteiger partial charge is 0.426 e. The van der Waals surface area contributed by atoms with Gasteiger partial charge >= 0.3 is 16.4 Å². The van der Waals surface area contributed by atoms with Gasteiger partial charge in [-0.1, -0.05) is 12.1 Å². The minimum Gasteiger partial charge on any atom is -0.443 e. The molecule has 1 aromatic carbocycles. The molecule has 1 aromatic rings. The van der Waals surface area contributed by atoms with Crippen LogP contribution in [0, 0.1) is 10.1 Å². The molecule has 0 saturated carbocycles. The zero-order valence-corrected chi connectivity index (χ0v) is 14.3. The first-order chi connectivity index (χ1) is 11.0. The van der Waals surface area contributed by atoms with E-state index in [9.17, 15) is 23.3 Å². The monoisotopic (exact) mass is 358 g/mol. The number of nitro groups is 1. The largest absolute Gasteiger partial charge is 0.443 e. The van der Waals surface area contributed by atoms with Gasteiger partial charge in [0.2, 0.25) is 0 Å².